The molecule has 2 heterocycles. The third-order valence-electron chi connectivity index (χ3n) is 3.55. The Morgan fingerprint density at radius 3 is 2.35 bits per heavy atom. The second-order valence-electron chi connectivity index (χ2n) is 5.26. The molecule has 1 fully saturated rings. The third kappa shape index (κ3) is 3.39. The topological polar surface area (TPSA) is 121 Å². The maximum absolute atomic E-state index is 12.6. The quantitative estimate of drug-likeness (QED) is 0.809. The van der Waals surface area contributed by atoms with Gasteiger partial charge in [-0.2, -0.15) is 0 Å². The van der Waals surface area contributed by atoms with Gasteiger partial charge in [0.2, 0.25) is 0 Å². The van der Waals surface area contributed by atoms with E-state index in [1.807, 2.05) is 0 Å². The van der Waals surface area contributed by atoms with Crippen molar-refractivity contribution in [3.8, 4) is 0 Å². The van der Waals surface area contributed by atoms with E-state index in [0.29, 0.717) is 46.9 Å². The summed E-state index contributed by atoms with van der Waals surface area (Å²) in [4.78, 5) is 28.8. The van der Waals surface area contributed by atoms with Crippen molar-refractivity contribution in [1.29, 1.82) is 0 Å². The molecule has 0 radical (unpaired) electrons. The number of anilines is 2. The molecule has 1 aliphatic rings. The number of ketones is 1. The molecule has 0 bridgehead atoms. The van der Waals surface area contributed by atoms with E-state index in [1.54, 1.807) is 12.2 Å². The van der Waals surface area contributed by atoms with Gasteiger partial charge in [0.1, 0.15) is 6.33 Å². The first kappa shape index (κ1) is 14.8. The van der Waals surface area contributed by atoms with Crippen molar-refractivity contribution < 1.29 is 4.79 Å². The number of Topliss-reactive ketones (excluding diaryl/α,β-unsaturated/α-hetero) is 1. The van der Waals surface area contributed by atoms with Crippen molar-refractivity contribution in [2.24, 2.45) is 0 Å². The van der Waals surface area contributed by atoms with Gasteiger partial charge in [-0.05, 0) is 31.4 Å². The fourth-order valence-electron chi connectivity index (χ4n) is 2.39. The van der Waals surface area contributed by atoms with E-state index in [1.165, 1.54) is 24.9 Å². The monoisotopic (exact) mass is 308 g/mol. The lowest BCUT2D eigenvalue weighted by atomic mass is 9.88. The Labute approximate surface area is 133 Å². The Morgan fingerprint density at radius 1 is 0.957 bits per heavy atom. The molecule has 0 atom stereocenters. The Hall–Kier alpha value is -3.09. The number of hydrogen-bond acceptors (Lipinski definition) is 7. The van der Waals surface area contributed by atoms with E-state index in [2.05, 4.69) is 19.9 Å². The SMILES string of the molecule is Nc1cnc(/C=C2\CCC/C(=C\c3ncncc3N)C2=O)nc1. The van der Waals surface area contributed by atoms with Crippen LogP contribution in [0.5, 0.6) is 0 Å². The molecular formula is C16H16N6O. The molecule has 1 saturated carbocycles. The molecule has 23 heavy (non-hydrogen) atoms. The number of nitrogen functional groups attached to an aromatic ring is 2. The second-order valence-corrected chi connectivity index (χ2v) is 5.26. The van der Waals surface area contributed by atoms with E-state index in [4.69, 9.17) is 11.5 Å². The molecule has 0 saturated heterocycles. The van der Waals surface area contributed by atoms with Crippen LogP contribution in [-0.2, 0) is 4.79 Å². The highest BCUT2D eigenvalue weighted by Gasteiger charge is 2.21. The summed E-state index contributed by atoms with van der Waals surface area (Å²) in [6.07, 6.45) is 11.7. The van der Waals surface area contributed by atoms with E-state index < -0.39 is 0 Å². The minimum Gasteiger partial charge on any atom is -0.396 e. The average Bonchev–Trinajstić information content (AvgIpc) is 2.55. The first-order valence-corrected chi connectivity index (χ1v) is 7.22. The molecule has 0 aliphatic heterocycles. The van der Waals surface area contributed by atoms with E-state index >= 15 is 0 Å². The number of nitrogens with zero attached hydrogens (tertiary/aromatic N) is 4. The van der Waals surface area contributed by atoms with Crippen molar-refractivity contribution in [2.75, 3.05) is 11.5 Å². The van der Waals surface area contributed by atoms with Gasteiger partial charge in [-0.1, -0.05) is 0 Å². The largest absolute Gasteiger partial charge is 0.396 e. The zero-order chi connectivity index (χ0) is 16.2. The maximum Gasteiger partial charge on any atom is 0.185 e. The maximum atomic E-state index is 12.6. The zero-order valence-electron chi connectivity index (χ0n) is 12.4. The van der Waals surface area contributed by atoms with Gasteiger partial charge in [-0.25, -0.2) is 19.9 Å². The fourth-order valence-corrected chi connectivity index (χ4v) is 2.39. The fraction of sp³-hybridized carbons (Fsp3) is 0.188. The lowest BCUT2D eigenvalue weighted by molar-refractivity contribution is -0.112. The molecule has 7 nitrogen and oxygen atoms in total. The van der Waals surface area contributed by atoms with Crippen molar-refractivity contribution in [1.82, 2.24) is 19.9 Å². The van der Waals surface area contributed by atoms with Gasteiger partial charge in [0.05, 0.1) is 35.7 Å². The highest BCUT2D eigenvalue weighted by Crippen LogP contribution is 2.27. The van der Waals surface area contributed by atoms with E-state index in [-0.39, 0.29) is 5.78 Å². The first-order valence-electron chi connectivity index (χ1n) is 7.22. The van der Waals surface area contributed by atoms with Crippen molar-refractivity contribution >= 4 is 29.3 Å². The van der Waals surface area contributed by atoms with Crippen molar-refractivity contribution in [3.63, 3.8) is 0 Å². The van der Waals surface area contributed by atoms with Crippen molar-refractivity contribution in [3.05, 3.63) is 47.6 Å². The smallest absolute Gasteiger partial charge is 0.185 e. The lowest BCUT2D eigenvalue weighted by Gasteiger charge is -2.16. The summed E-state index contributed by atoms with van der Waals surface area (Å²) in [5, 5.41) is 0. The third-order valence-corrected chi connectivity index (χ3v) is 3.55. The number of carbonyl (C=O) groups is 1. The molecule has 0 amide bonds. The summed E-state index contributed by atoms with van der Waals surface area (Å²) >= 11 is 0. The van der Waals surface area contributed by atoms with Gasteiger partial charge >= 0.3 is 0 Å². The van der Waals surface area contributed by atoms with E-state index in [0.717, 1.165) is 6.42 Å². The Balaban J connectivity index is 1.89. The number of aromatic nitrogens is 4. The molecule has 0 spiro atoms. The van der Waals surface area contributed by atoms with Gasteiger partial charge < -0.3 is 11.5 Å². The average molecular weight is 308 g/mol. The van der Waals surface area contributed by atoms with Gasteiger partial charge in [0.25, 0.3) is 0 Å². The highest BCUT2D eigenvalue weighted by molar-refractivity contribution is 6.13. The van der Waals surface area contributed by atoms with E-state index in [9.17, 15) is 4.79 Å². The van der Waals surface area contributed by atoms with Crippen LogP contribution in [0.15, 0.2) is 36.1 Å². The molecule has 2 aromatic heterocycles. The van der Waals surface area contributed by atoms with Crippen LogP contribution in [0.1, 0.15) is 30.8 Å². The number of carbonyl (C=O) groups excluding carboxylic acids is 1. The zero-order valence-corrected chi connectivity index (χ0v) is 12.4. The summed E-state index contributed by atoms with van der Waals surface area (Å²) in [5.41, 5.74) is 14.3. The van der Waals surface area contributed by atoms with Crippen LogP contribution in [0.25, 0.3) is 12.2 Å². The van der Waals surface area contributed by atoms with Crippen molar-refractivity contribution in [2.45, 2.75) is 19.3 Å². The first-order chi connectivity index (χ1) is 11.1. The molecule has 4 N–H and O–H groups in total. The predicted molar refractivity (Wildman–Crippen MR) is 87.7 cm³/mol. The molecule has 3 rings (SSSR count). The molecule has 0 aromatic carbocycles. The van der Waals surface area contributed by atoms with Gasteiger partial charge in [-0.3, -0.25) is 4.79 Å². The van der Waals surface area contributed by atoms with Crippen LogP contribution in [0, 0.1) is 0 Å². The number of hydrogen-bond donors (Lipinski definition) is 2. The Morgan fingerprint density at radius 2 is 1.65 bits per heavy atom. The minimum absolute atomic E-state index is 0.0188. The van der Waals surface area contributed by atoms with Crippen LogP contribution >= 0.6 is 0 Å². The lowest BCUT2D eigenvalue weighted by Crippen LogP contribution is -2.13. The summed E-state index contributed by atoms with van der Waals surface area (Å²) < 4.78 is 0. The normalized spacial score (nSPS) is 18.5. The second kappa shape index (κ2) is 6.35. The molecule has 7 heteroatoms. The molecular weight excluding hydrogens is 292 g/mol. The van der Waals surface area contributed by atoms with Crippen LogP contribution in [0.2, 0.25) is 0 Å². The standard InChI is InChI=1S/C16H16N6O/c17-12-6-20-15(21-7-12)5-11-3-1-2-10(16(11)23)4-14-13(18)8-19-9-22-14/h4-9H,1-3,17-18H2/b10-4+,11-5+. The summed E-state index contributed by atoms with van der Waals surface area (Å²) in [6, 6.07) is 0. The van der Waals surface area contributed by atoms with Crippen LogP contribution in [0.4, 0.5) is 11.4 Å². The highest BCUT2D eigenvalue weighted by atomic mass is 16.1. The van der Waals surface area contributed by atoms with Gasteiger partial charge in [-0.15, -0.1) is 0 Å². The number of rotatable bonds is 2. The Bertz CT molecular complexity index is 794. The number of nitrogens with two attached hydrogens (primary N) is 2. The molecule has 2 aromatic rings. The number of allylic oxidation sites excluding steroid dienone is 2. The summed E-state index contributed by atoms with van der Waals surface area (Å²) in [7, 11) is 0. The van der Waals surface area contributed by atoms with Crippen LogP contribution in [-0.4, -0.2) is 25.7 Å². The van der Waals surface area contributed by atoms with Gasteiger partial charge in [0.15, 0.2) is 11.6 Å². The predicted octanol–water partition coefficient (Wildman–Crippen LogP) is 1.65. The molecule has 0 unspecified atom stereocenters. The Kier molecular flexibility index (Phi) is 4.09. The van der Waals surface area contributed by atoms with Crippen LogP contribution < -0.4 is 11.5 Å². The molecule has 116 valence electrons. The van der Waals surface area contributed by atoms with Gasteiger partial charge in [0, 0.05) is 11.1 Å². The minimum atomic E-state index is -0.0188. The summed E-state index contributed by atoms with van der Waals surface area (Å²) in [6.45, 7) is 0. The summed E-state index contributed by atoms with van der Waals surface area (Å²) in [5.74, 6) is 0.458. The molecule has 1 aliphatic carbocycles. The van der Waals surface area contributed by atoms with Crippen LogP contribution in [0.3, 0.4) is 0 Å².